The van der Waals surface area contributed by atoms with Crippen molar-refractivity contribution in [2.24, 2.45) is 5.73 Å². The van der Waals surface area contributed by atoms with Crippen molar-refractivity contribution in [1.29, 1.82) is 0 Å². The van der Waals surface area contributed by atoms with E-state index in [1.54, 1.807) is 17.2 Å². The molecule has 0 bridgehead atoms. The van der Waals surface area contributed by atoms with Crippen molar-refractivity contribution >= 4 is 56.5 Å². The Kier molecular flexibility index (Phi) is 6.58. The van der Waals surface area contributed by atoms with Crippen LogP contribution in [-0.4, -0.2) is 64.2 Å². The van der Waals surface area contributed by atoms with Crippen LogP contribution in [0.25, 0.3) is 10.2 Å². The van der Waals surface area contributed by atoms with Gasteiger partial charge in [-0.15, -0.1) is 11.3 Å². The summed E-state index contributed by atoms with van der Waals surface area (Å²) in [4.78, 5) is 49.2. The first-order valence-electron chi connectivity index (χ1n) is 12.3. The molecule has 2 aliphatic heterocycles. The van der Waals surface area contributed by atoms with E-state index in [4.69, 9.17) is 10.5 Å². The number of rotatable bonds is 6. The van der Waals surface area contributed by atoms with Crippen LogP contribution in [-0.2, 0) is 4.79 Å². The van der Waals surface area contributed by atoms with Gasteiger partial charge in [0.1, 0.15) is 15.5 Å². The first-order chi connectivity index (χ1) is 18.1. The number of aryl methyl sites for hydroxylation is 1. The maximum Gasteiger partial charge on any atom is 0.334 e. The summed E-state index contributed by atoms with van der Waals surface area (Å²) in [6.07, 6.45) is 2.12. The number of β-amino-alcohol motifs (C(OH)–C–C–N with tert-alkyl or cyclic N) is 1. The number of nitrogens with two attached hydrogens (primary N) is 1. The smallest absolute Gasteiger partial charge is 0.334 e. The van der Waals surface area contributed by atoms with Gasteiger partial charge in [-0.1, -0.05) is 6.58 Å². The molecule has 2 aromatic heterocycles. The number of aliphatic hydroxyl groups excluding tert-OH is 1. The number of amides is 4. The quantitative estimate of drug-likeness (QED) is 0.463. The number of pyridine rings is 1. The lowest BCUT2D eigenvalue weighted by Crippen LogP contribution is -2.58. The lowest BCUT2D eigenvalue weighted by atomic mass is 9.98. The molecule has 3 aromatic rings. The second-order valence-corrected chi connectivity index (χ2v) is 10.7. The Morgan fingerprint density at radius 2 is 2.03 bits per heavy atom. The van der Waals surface area contributed by atoms with Gasteiger partial charge in [-0.05, 0) is 63.1 Å². The molecule has 0 unspecified atom stereocenters. The molecule has 4 heterocycles. The molecule has 0 radical (unpaired) electrons. The number of piperidine rings is 1. The summed E-state index contributed by atoms with van der Waals surface area (Å²) >= 11 is 1.12. The van der Waals surface area contributed by atoms with Gasteiger partial charge in [-0.3, -0.25) is 19.4 Å². The predicted octanol–water partition coefficient (Wildman–Crippen LogP) is 3.72. The molecule has 1 saturated heterocycles. The molecule has 10 nitrogen and oxygen atoms in total. The van der Waals surface area contributed by atoms with Crippen molar-refractivity contribution in [2.75, 3.05) is 22.9 Å². The fourth-order valence-corrected chi connectivity index (χ4v) is 6.23. The molecule has 0 spiro atoms. The highest BCUT2D eigenvalue weighted by Gasteiger charge is 2.44. The number of thiophene rings is 1. The summed E-state index contributed by atoms with van der Waals surface area (Å²) in [5.74, 6) is -0.343. The Morgan fingerprint density at radius 3 is 2.68 bits per heavy atom. The van der Waals surface area contributed by atoms with E-state index < -0.39 is 24.1 Å². The van der Waals surface area contributed by atoms with Crippen LogP contribution in [0.1, 0.15) is 35.5 Å². The number of anilines is 3. The third-order valence-electron chi connectivity index (χ3n) is 6.69. The molecule has 2 atom stereocenters. The average Bonchev–Trinajstić information content (AvgIpc) is 3.25. The van der Waals surface area contributed by atoms with E-state index in [-0.39, 0.29) is 36.4 Å². The molecule has 0 saturated carbocycles. The van der Waals surface area contributed by atoms with Crippen LogP contribution in [0.2, 0.25) is 0 Å². The normalized spacial score (nSPS) is 19.3. The van der Waals surface area contributed by atoms with Crippen LogP contribution in [0.3, 0.4) is 0 Å². The molecule has 1 fully saturated rings. The number of benzene rings is 1. The van der Waals surface area contributed by atoms with Crippen molar-refractivity contribution in [3.8, 4) is 5.75 Å². The summed E-state index contributed by atoms with van der Waals surface area (Å²) in [7, 11) is 0. The topological polar surface area (TPSA) is 129 Å². The molecule has 38 heavy (non-hydrogen) atoms. The molecular weight excluding hydrogens is 506 g/mol. The van der Waals surface area contributed by atoms with E-state index in [2.05, 4.69) is 11.6 Å². The molecular formula is C27H29N5O5S. The van der Waals surface area contributed by atoms with Gasteiger partial charge < -0.3 is 20.5 Å². The predicted molar refractivity (Wildman–Crippen MR) is 146 cm³/mol. The lowest BCUT2D eigenvalue weighted by molar-refractivity contribution is -0.129. The Balaban J connectivity index is 1.70. The highest BCUT2D eigenvalue weighted by Crippen LogP contribution is 2.50. The molecule has 3 N–H and O–H groups in total. The highest BCUT2D eigenvalue weighted by molar-refractivity contribution is 7.21. The van der Waals surface area contributed by atoms with Crippen molar-refractivity contribution in [1.82, 2.24) is 9.88 Å². The fourth-order valence-electron chi connectivity index (χ4n) is 5.22. The number of urea groups is 1. The monoisotopic (exact) mass is 535 g/mol. The van der Waals surface area contributed by atoms with Crippen LogP contribution < -0.4 is 20.3 Å². The van der Waals surface area contributed by atoms with Gasteiger partial charge in [0.05, 0.1) is 40.7 Å². The maximum absolute atomic E-state index is 14.4. The van der Waals surface area contributed by atoms with Crippen LogP contribution >= 0.6 is 11.3 Å². The molecule has 5 rings (SSSR count). The molecule has 11 heteroatoms. The first-order valence-corrected chi connectivity index (χ1v) is 13.1. The van der Waals surface area contributed by atoms with Gasteiger partial charge in [-0.2, -0.15) is 0 Å². The highest BCUT2D eigenvalue weighted by atomic mass is 32.1. The number of likely N-dealkylation sites (tertiary alicyclic amines) is 1. The minimum Gasteiger partial charge on any atom is -0.491 e. The number of aliphatic hydroxyl groups is 1. The van der Waals surface area contributed by atoms with E-state index in [1.165, 1.54) is 15.9 Å². The zero-order valence-electron chi connectivity index (χ0n) is 21.4. The van der Waals surface area contributed by atoms with Crippen LogP contribution in [0.4, 0.5) is 21.9 Å². The number of carbonyl (C=O) groups is 3. The van der Waals surface area contributed by atoms with Gasteiger partial charge in [0.25, 0.3) is 5.91 Å². The largest absolute Gasteiger partial charge is 0.491 e. The summed E-state index contributed by atoms with van der Waals surface area (Å²) in [5.41, 5.74) is 8.15. The summed E-state index contributed by atoms with van der Waals surface area (Å²) in [5, 5.41) is 11.3. The van der Waals surface area contributed by atoms with Crippen molar-refractivity contribution < 1.29 is 24.2 Å². The minimum atomic E-state index is -0.866. The molecule has 4 amide bonds. The summed E-state index contributed by atoms with van der Waals surface area (Å²) < 4.78 is 5.83. The Bertz CT molecular complexity index is 1470. The number of hydrogen-bond donors (Lipinski definition) is 2. The number of hydrogen-bond acceptors (Lipinski definition) is 7. The van der Waals surface area contributed by atoms with E-state index >= 15 is 0 Å². The third kappa shape index (κ3) is 4.27. The Morgan fingerprint density at radius 1 is 1.26 bits per heavy atom. The van der Waals surface area contributed by atoms with Gasteiger partial charge in [0.15, 0.2) is 0 Å². The number of carbonyl (C=O) groups excluding carboxylic acids is 3. The van der Waals surface area contributed by atoms with Crippen LogP contribution in [0, 0.1) is 6.92 Å². The Labute approximate surface area is 223 Å². The Hall–Kier alpha value is -3.96. The van der Waals surface area contributed by atoms with E-state index in [1.807, 2.05) is 39.0 Å². The zero-order chi connectivity index (χ0) is 27.3. The summed E-state index contributed by atoms with van der Waals surface area (Å²) in [6, 6.07) is 6.20. The van der Waals surface area contributed by atoms with E-state index in [0.717, 1.165) is 16.9 Å². The molecule has 198 valence electrons. The van der Waals surface area contributed by atoms with Crippen molar-refractivity contribution in [2.45, 2.75) is 45.4 Å². The standard InChI is InChI=1S/C27H29N5O5S/c1-5-21(34)30-12-16(11-17(33)13-30)31-23-22-20(8-9-29-26(22)38-24(23)25(28)35)32(27(31)36)19-7-6-18(10-15(19)4)37-14(2)3/h5-10,14,16-17,33H,1,11-13H2,2-4H3,(H2,28,35)/t16-,17-/m1/s1. The van der Waals surface area contributed by atoms with E-state index in [9.17, 15) is 19.5 Å². The number of primary amides is 1. The fraction of sp³-hybridized carbons (Fsp3) is 0.333. The average molecular weight is 536 g/mol. The van der Waals surface area contributed by atoms with Gasteiger partial charge in [0.2, 0.25) is 5.91 Å². The number of nitrogens with zero attached hydrogens (tertiary/aromatic N) is 4. The van der Waals surface area contributed by atoms with Crippen molar-refractivity contribution in [3.63, 3.8) is 0 Å². The van der Waals surface area contributed by atoms with Crippen molar-refractivity contribution in [3.05, 3.63) is 53.6 Å². The number of ether oxygens (including phenoxy) is 1. The number of aromatic nitrogens is 1. The third-order valence-corrected chi connectivity index (χ3v) is 7.79. The maximum atomic E-state index is 14.4. The SMILES string of the molecule is C=CC(=O)N1C[C@H](O)C[C@@H](N2C(=O)N(c3ccc(OC(C)C)cc3C)c3ccnc4sc(C(N)=O)c2c34)C1. The first kappa shape index (κ1) is 25.7. The second-order valence-electron chi connectivity index (χ2n) is 9.75. The van der Waals surface area contributed by atoms with Crippen LogP contribution in [0.15, 0.2) is 43.1 Å². The zero-order valence-corrected chi connectivity index (χ0v) is 22.2. The minimum absolute atomic E-state index is 0.00767. The van der Waals surface area contributed by atoms with Gasteiger partial charge >= 0.3 is 6.03 Å². The molecule has 1 aromatic carbocycles. The molecule has 2 aliphatic rings. The van der Waals surface area contributed by atoms with Gasteiger partial charge in [-0.25, -0.2) is 9.78 Å². The molecule has 0 aliphatic carbocycles. The van der Waals surface area contributed by atoms with Crippen LogP contribution in [0.5, 0.6) is 5.75 Å². The second kappa shape index (κ2) is 9.73. The van der Waals surface area contributed by atoms with E-state index in [0.29, 0.717) is 33.0 Å². The lowest BCUT2D eigenvalue weighted by Gasteiger charge is -2.44. The summed E-state index contributed by atoms with van der Waals surface area (Å²) in [6.45, 7) is 9.61. The van der Waals surface area contributed by atoms with Gasteiger partial charge in [0, 0.05) is 19.3 Å².